The number of carbonyl (C=O) groups excluding carboxylic acids is 2. The zero-order chi connectivity index (χ0) is 15.2. The SMILES string of the molecule is O=C(NCc1ccc(F)c(Cl)c1)N[C@H]1CCCCNC1=O. The molecule has 1 aliphatic rings. The largest absolute Gasteiger partial charge is 0.354 e. The van der Waals surface area contributed by atoms with Crippen molar-refractivity contribution in [2.75, 3.05) is 6.54 Å². The van der Waals surface area contributed by atoms with Gasteiger partial charge in [-0.15, -0.1) is 0 Å². The fourth-order valence-electron chi connectivity index (χ4n) is 2.12. The van der Waals surface area contributed by atoms with E-state index in [0.717, 1.165) is 12.8 Å². The smallest absolute Gasteiger partial charge is 0.315 e. The highest BCUT2D eigenvalue weighted by Crippen LogP contribution is 2.15. The van der Waals surface area contributed by atoms with Crippen LogP contribution in [-0.2, 0) is 11.3 Å². The second-order valence-electron chi connectivity index (χ2n) is 4.91. The molecule has 7 heteroatoms. The zero-order valence-corrected chi connectivity index (χ0v) is 12.2. The number of halogens is 2. The van der Waals surface area contributed by atoms with Crippen molar-refractivity contribution >= 4 is 23.5 Å². The second-order valence-corrected chi connectivity index (χ2v) is 5.32. The Hall–Kier alpha value is -1.82. The summed E-state index contributed by atoms with van der Waals surface area (Å²) >= 11 is 5.67. The highest BCUT2D eigenvalue weighted by atomic mass is 35.5. The minimum absolute atomic E-state index is 0.0119. The first kappa shape index (κ1) is 15.6. The topological polar surface area (TPSA) is 70.2 Å². The number of benzene rings is 1. The van der Waals surface area contributed by atoms with Gasteiger partial charge >= 0.3 is 6.03 Å². The van der Waals surface area contributed by atoms with Crippen molar-refractivity contribution in [3.8, 4) is 0 Å². The van der Waals surface area contributed by atoms with Gasteiger partial charge in [0.05, 0.1) is 5.02 Å². The summed E-state index contributed by atoms with van der Waals surface area (Å²) in [5.74, 6) is -0.660. The third kappa shape index (κ3) is 4.60. The molecule has 5 nitrogen and oxygen atoms in total. The van der Waals surface area contributed by atoms with E-state index in [1.807, 2.05) is 0 Å². The third-order valence-electron chi connectivity index (χ3n) is 3.28. The third-order valence-corrected chi connectivity index (χ3v) is 3.57. The predicted molar refractivity (Wildman–Crippen MR) is 77.4 cm³/mol. The Morgan fingerprint density at radius 2 is 2.24 bits per heavy atom. The first-order valence-corrected chi connectivity index (χ1v) is 7.20. The van der Waals surface area contributed by atoms with Crippen molar-refractivity contribution in [3.05, 3.63) is 34.6 Å². The maximum Gasteiger partial charge on any atom is 0.315 e. The molecule has 0 aromatic heterocycles. The van der Waals surface area contributed by atoms with Crippen LogP contribution in [0, 0.1) is 5.82 Å². The highest BCUT2D eigenvalue weighted by molar-refractivity contribution is 6.30. The van der Waals surface area contributed by atoms with Crippen LogP contribution in [-0.4, -0.2) is 24.5 Å². The first-order valence-electron chi connectivity index (χ1n) is 6.82. The lowest BCUT2D eigenvalue weighted by Crippen LogP contribution is -2.48. The molecule has 1 aromatic rings. The van der Waals surface area contributed by atoms with Gasteiger partial charge in [0.2, 0.25) is 5.91 Å². The van der Waals surface area contributed by atoms with Gasteiger partial charge in [-0.25, -0.2) is 9.18 Å². The number of hydrogen-bond acceptors (Lipinski definition) is 2. The van der Waals surface area contributed by atoms with Gasteiger partial charge in [0.1, 0.15) is 11.9 Å². The fraction of sp³-hybridized carbons (Fsp3) is 0.429. The standard InChI is InChI=1S/C14H17ClFN3O2/c15-10-7-9(4-5-11(10)16)8-18-14(21)19-12-3-1-2-6-17-13(12)20/h4-5,7,12H,1-3,6,8H2,(H,17,20)(H2,18,19,21)/t12-/m0/s1. The lowest BCUT2D eigenvalue weighted by Gasteiger charge is -2.15. The molecule has 0 spiro atoms. The average molecular weight is 314 g/mol. The number of rotatable bonds is 3. The second kappa shape index (κ2) is 7.26. The van der Waals surface area contributed by atoms with E-state index in [-0.39, 0.29) is 17.5 Å². The summed E-state index contributed by atoms with van der Waals surface area (Å²) in [5, 5.41) is 8.02. The molecule has 3 amide bonds. The highest BCUT2D eigenvalue weighted by Gasteiger charge is 2.22. The zero-order valence-electron chi connectivity index (χ0n) is 11.4. The Kier molecular flexibility index (Phi) is 5.38. The molecule has 0 bridgehead atoms. The van der Waals surface area contributed by atoms with E-state index in [9.17, 15) is 14.0 Å². The van der Waals surface area contributed by atoms with Gasteiger partial charge in [-0.3, -0.25) is 4.79 Å². The Balaban J connectivity index is 1.83. The number of amides is 3. The average Bonchev–Trinajstić information content (AvgIpc) is 2.65. The van der Waals surface area contributed by atoms with E-state index in [4.69, 9.17) is 11.6 Å². The lowest BCUT2D eigenvalue weighted by atomic mass is 10.1. The normalized spacial score (nSPS) is 18.6. The van der Waals surface area contributed by atoms with Crippen LogP contribution in [0.5, 0.6) is 0 Å². The van der Waals surface area contributed by atoms with Gasteiger partial charge in [0, 0.05) is 13.1 Å². The van der Waals surface area contributed by atoms with E-state index in [1.165, 1.54) is 12.1 Å². The quantitative estimate of drug-likeness (QED) is 0.798. The van der Waals surface area contributed by atoms with Crippen molar-refractivity contribution < 1.29 is 14.0 Å². The van der Waals surface area contributed by atoms with E-state index in [0.29, 0.717) is 18.5 Å². The molecule has 1 aliphatic heterocycles. The molecule has 1 saturated heterocycles. The molecule has 0 saturated carbocycles. The summed E-state index contributed by atoms with van der Waals surface area (Å²) in [4.78, 5) is 23.5. The predicted octanol–water partition coefficient (Wildman–Crippen LogP) is 1.95. The molecule has 1 atom stereocenters. The van der Waals surface area contributed by atoms with Crippen LogP contribution in [0.3, 0.4) is 0 Å². The Labute approximate surface area is 127 Å². The summed E-state index contributed by atoms with van der Waals surface area (Å²) < 4.78 is 13.0. The van der Waals surface area contributed by atoms with Crippen LogP contribution in [0.1, 0.15) is 24.8 Å². The first-order chi connectivity index (χ1) is 10.1. The van der Waals surface area contributed by atoms with Gasteiger partial charge in [-0.1, -0.05) is 17.7 Å². The van der Waals surface area contributed by atoms with E-state index in [2.05, 4.69) is 16.0 Å². The molecule has 1 fully saturated rings. The fourth-order valence-corrected chi connectivity index (χ4v) is 2.32. The van der Waals surface area contributed by atoms with Crippen LogP contribution in [0.15, 0.2) is 18.2 Å². The van der Waals surface area contributed by atoms with E-state index < -0.39 is 17.9 Å². The molecule has 3 N–H and O–H groups in total. The minimum atomic E-state index is -0.510. The van der Waals surface area contributed by atoms with Gasteiger partial charge in [-0.05, 0) is 37.0 Å². The molecule has 114 valence electrons. The number of nitrogens with one attached hydrogen (secondary N) is 3. The van der Waals surface area contributed by atoms with Gasteiger partial charge in [-0.2, -0.15) is 0 Å². The molecule has 0 unspecified atom stereocenters. The number of urea groups is 1. The van der Waals surface area contributed by atoms with Crippen molar-refractivity contribution in [1.82, 2.24) is 16.0 Å². The minimum Gasteiger partial charge on any atom is -0.354 e. The lowest BCUT2D eigenvalue weighted by molar-refractivity contribution is -0.122. The molecule has 1 aromatic carbocycles. The van der Waals surface area contributed by atoms with E-state index in [1.54, 1.807) is 6.07 Å². The summed E-state index contributed by atoms with van der Waals surface area (Å²) in [6.07, 6.45) is 2.43. The maximum absolute atomic E-state index is 13.0. The molecule has 1 heterocycles. The van der Waals surface area contributed by atoms with Crippen molar-refractivity contribution in [2.45, 2.75) is 31.8 Å². The maximum atomic E-state index is 13.0. The molecular weight excluding hydrogens is 297 g/mol. The molecule has 2 rings (SSSR count). The van der Waals surface area contributed by atoms with E-state index >= 15 is 0 Å². The Morgan fingerprint density at radius 3 is 3.00 bits per heavy atom. The van der Waals surface area contributed by atoms with Crippen LogP contribution in [0.4, 0.5) is 9.18 Å². The summed E-state index contributed by atoms with van der Waals surface area (Å²) in [7, 11) is 0. The molecular formula is C14H17ClFN3O2. The summed E-state index contributed by atoms with van der Waals surface area (Å²) in [5.41, 5.74) is 0.682. The molecule has 0 radical (unpaired) electrons. The molecule has 0 aliphatic carbocycles. The Morgan fingerprint density at radius 1 is 1.43 bits per heavy atom. The van der Waals surface area contributed by atoms with Gasteiger partial charge in [0.25, 0.3) is 0 Å². The van der Waals surface area contributed by atoms with Crippen molar-refractivity contribution in [3.63, 3.8) is 0 Å². The van der Waals surface area contributed by atoms with Crippen LogP contribution in [0.2, 0.25) is 5.02 Å². The number of hydrogen-bond donors (Lipinski definition) is 3. The van der Waals surface area contributed by atoms with Crippen LogP contribution < -0.4 is 16.0 Å². The van der Waals surface area contributed by atoms with Crippen molar-refractivity contribution in [2.24, 2.45) is 0 Å². The molecule has 21 heavy (non-hydrogen) atoms. The van der Waals surface area contributed by atoms with Crippen molar-refractivity contribution in [1.29, 1.82) is 0 Å². The summed E-state index contributed by atoms with van der Waals surface area (Å²) in [6, 6.07) is 3.30. The van der Waals surface area contributed by atoms with Crippen LogP contribution >= 0.6 is 11.6 Å². The Bertz CT molecular complexity index is 539. The van der Waals surface area contributed by atoms with Gasteiger partial charge < -0.3 is 16.0 Å². The monoisotopic (exact) mass is 313 g/mol. The summed E-state index contributed by atoms with van der Waals surface area (Å²) in [6.45, 7) is 0.854. The van der Waals surface area contributed by atoms with Crippen LogP contribution in [0.25, 0.3) is 0 Å². The van der Waals surface area contributed by atoms with Gasteiger partial charge in [0.15, 0.2) is 0 Å². The number of carbonyl (C=O) groups is 2.